The Bertz CT molecular complexity index is 1420. The Hall–Kier alpha value is -3.75. The Morgan fingerprint density at radius 3 is 2.51 bits per heavy atom. The fourth-order valence-electron chi connectivity index (χ4n) is 5.15. The van der Waals surface area contributed by atoms with Crippen LogP contribution in [0.5, 0.6) is 11.5 Å². The number of benzene rings is 3. The van der Waals surface area contributed by atoms with E-state index in [4.69, 9.17) is 14.2 Å². The maximum absolute atomic E-state index is 13.7. The van der Waals surface area contributed by atoms with Crippen LogP contribution in [0.2, 0.25) is 0 Å². The predicted molar refractivity (Wildman–Crippen MR) is 151 cm³/mol. The molecule has 1 aliphatic heterocycles. The minimum Gasteiger partial charge on any atom is -0.493 e. The first-order chi connectivity index (χ1) is 18.9. The molecule has 5 rings (SSSR count). The molecule has 0 bridgehead atoms. The van der Waals surface area contributed by atoms with Crippen molar-refractivity contribution in [2.45, 2.75) is 26.8 Å². The lowest BCUT2D eigenvalue weighted by molar-refractivity contribution is -0.947. The van der Waals surface area contributed by atoms with E-state index < -0.39 is 0 Å². The van der Waals surface area contributed by atoms with Gasteiger partial charge in [0, 0.05) is 29.1 Å². The summed E-state index contributed by atoms with van der Waals surface area (Å²) in [6.07, 6.45) is 2.40. The van der Waals surface area contributed by atoms with Gasteiger partial charge in [0.1, 0.15) is 37.6 Å². The molecule has 39 heavy (non-hydrogen) atoms. The van der Waals surface area contributed by atoms with E-state index in [2.05, 4.69) is 46.5 Å². The number of aryl methyl sites for hydroxylation is 2. The van der Waals surface area contributed by atoms with E-state index in [1.165, 1.54) is 23.5 Å². The predicted octanol–water partition coefficient (Wildman–Crippen LogP) is 5.95. The molecular formula is C31H36FN4O3+. The minimum absolute atomic E-state index is 0.242. The standard InChI is InChI=1S/C31H36FN4O3/c1-22-5-7-24(8-6-22)20-36(12-15-38-16-13-36)11-4-14-39-30-18-26-28(19-29(30)37-3)33-21-34-31(26)35-25-9-10-27(32)23(2)17-25/h5-10,17-19,21H,4,11-16,20H2,1-3H3,(H,33,34,35)/q+1. The average molecular weight is 532 g/mol. The van der Waals surface area contributed by atoms with Crippen LogP contribution in [0.3, 0.4) is 0 Å². The van der Waals surface area contributed by atoms with Crippen LogP contribution in [0.25, 0.3) is 10.9 Å². The fraction of sp³-hybridized carbons (Fsp3) is 0.355. The van der Waals surface area contributed by atoms with Gasteiger partial charge < -0.3 is 24.0 Å². The van der Waals surface area contributed by atoms with E-state index in [-0.39, 0.29) is 5.82 Å². The highest BCUT2D eigenvalue weighted by Crippen LogP contribution is 2.35. The molecule has 2 heterocycles. The van der Waals surface area contributed by atoms with Crippen molar-refractivity contribution in [3.8, 4) is 11.5 Å². The lowest BCUT2D eigenvalue weighted by atomic mass is 10.1. The topological polar surface area (TPSA) is 65.5 Å². The van der Waals surface area contributed by atoms with Gasteiger partial charge in [-0.05, 0) is 43.7 Å². The first-order valence-corrected chi connectivity index (χ1v) is 13.4. The zero-order chi connectivity index (χ0) is 27.2. The van der Waals surface area contributed by atoms with Crippen molar-refractivity contribution in [2.24, 2.45) is 0 Å². The summed E-state index contributed by atoms with van der Waals surface area (Å²) in [5, 5.41) is 4.09. The molecule has 0 unspecified atom stereocenters. The molecule has 0 saturated carbocycles. The van der Waals surface area contributed by atoms with Gasteiger partial charge in [-0.2, -0.15) is 0 Å². The molecule has 8 heteroatoms. The zero-order valence-corrected chi connectivity index (χ0v) is 22.9. The lowest BCUT2D eigenvalue weighted by Gasteiger charge is -2.41. The van der Waals surface area contributed by atoms with E-state index in [9.17, 15) is 4.39 Å². The molecule has 0 aliphatic carbocycles. The molecule has 1 saturated heterocycles. The molecule has 1 fully saturated rings. The summed E-state index contributed by atoms with van der Waals surface area (Å²) in [4.78, 5) is 8.85. The third-order valence-corrected chi connectivity index (χ3v) is 7.43. The van der Waals surface area contributed by atoms with Gasteiger partial charge in [-0.1, -0.05) is 29.8 Å². The summed E-state index contributed by atoms with van der Waals surface area (Å²) >= 11 is 0. The van der Waals surface area contributed by atoms with Crippen molar-refractivity contribution in [3.63, 3.8) is 0 Å². The van der Waals surface area contributed by atoms with Crippen molar-refractivity contribution in [2.75, 3.05) is 51.9 Å². The van der Waals surface area contributed by atoms with Crippen LogP contribution in [-0.2, 0) is 11.3 Å². The van der Waals surface area contributed by atoms with Gasteiger partial charge in [0.2, 0.25) is 0 Å². The molecule has 0 atom stereocenters. The van der Waals surface area contributed by atoms with Gasteiger partial charge in [-0.15, -0.1) is 0 Å². The van der Waals surface area contributed by atoms with Crippen LogP contribution < -0.4 is 14.8 Å². The van der Waals surface area contributed by atoms with Crippen LogP contribution in [0.4, 0.5) is 15.9 Å². The molecular weight excluding hydrogens is 495 g/mol. The number of hydrogen-bond donors (Lipinski definition) is 1. The third-order valence-electron chi connectivity index (χ3n) is 7.43. The Labute approximate surface area is 229 Å². The molecule has 1 N–H and O–H groups in total. The largest absolute Gasteiger partial charge is 0.493 e. The molecule has 3 aromatic carbocycles. The maximum atomic E-state index is 13.7. The first-order valence-electron chi connectivity index (χ1n) is 13.4. The second kappa shape index (κ2) is 12.0. The highest BCUT2D eigenvalue weighted by Gasteiger charge is 2.30. The number of nitrogens with one attached hydrogen (secondary N) is 1. The van der Waals surface area contributed by atoms with Crippen molar-refractivity contribution in [3.05, 3.63) is 83.4 Å². The monoisotopic (exact) mass is 531 g/mol. The number of methoxy groups -OCH3 is 1. The van der Waals surface area contributed by atoms with Gasteiger partial charge in [-0.3, -0.25) is 0 Å². The van der Waals surface area contributed by atoms with Gasteiger partial charge in [0.25, 0.3) is 0 Å². The average Bonchev–Trinajstić information content (AvgIpc) is 2.95. The zero-order valence-electron chi connectivity index (χ0n) is 22.9. The molecule has 7 nitrogen and oxygen atoms in total. The molecule has 0 radical (unpaired) electrons. The lowest BCUT2D eigenvalue weighted by Crippen LogP contribution is -2.55. The highest BCUT2D eigenvalue weighted by atomic mass is 19.1. The van der Waals surface area contributed by atoms with Crippen LogP contribution in [0.15, 0.2) is 60.9 Å². The molecule has 0 spiro atoms. The second-order valence-electron chi connectivity index (χ2n) is 10.3. The number of anilines is 2. The molecule has 4 aromatic rings. The van der Waals surface area contributed by atoms with Crippen LogP contribution in [0.1, 0.15) is 23.1 Å². The number of nitrogens with zero attached hydrogens (tertiary/aromatic N) is 3. The van der Waals surface area contributed by atoms with Gasteiger partial charge in [-0.25, -0.2) is 14.4 Å². The van der Waals surface area contributed by atoms with Crippen molar-refractivity contribution >= 4 is 22.4 Å². The number of fused-ring (bicyclic) bond motifs is 1. The number of aromatic nitrogens is 2. The quantitative estimate of drug-likeness (QED) is 0.201. The third kappa shape index (κ3) is 6.46. The summed E-state index contributed by atoms with van der Waals surface area (Å²) in [5.41, 5.74) is 4.68. The van der Waals surface area contributed by atoms with Crippen molar-refractivity contribution < 1.29 is 23.1 Å². The maximum Gasteiger partial charge on any atom is 0.162 e. The number of rotatable bonds is 10. The molecule has 1 aromatic heterocycles. The van der Waals surface area contributed by atoms with E-state index in [0.29, 0.717) is 29.5 Å². The van der Waals surface area contributed by atoms with Crippen LogP contribution in [-0.4, -0.2) is 61.0 Å². The SMILES string of the molecule is COc1cc2ncnc(Nc3ccc(F)c(C)c3)c2cc1OCCC[N+]1(Cc2ccc(C)cc2)CCOCC1. The fourth-order valence-corrected chi connectivity index (χ4v) is 5.15. The normalized spacial score (nSPS) is 14.8. The summed E-state index contributed by atoms with van der Waals surface area (Å²) in [5.74, 6) is 1.65. The summed E-state index contributed by atoms with van der Waals surface area (Å²) in [6.45, 7) is 10.00. The van der Waals surface area contributed by atoms with Gasteiger partial charge in [0.15, 0.2) is 11.5 Å². The highest BCUT2D eigenvalue weighted by molar-refractivity contribution is 5.93. The van der Waals surface area contributed by atoms with Crippen molar-refractivity contribution in [1.82, 2.24) is 9.97 Å². The number of ether oxygens (including phenoxy) is 3. The molecule has 204 valence electrons. The number of hydrogen-bond acceptors (Lipinski definition) is 6. The van der Waals surface area contributed by atoms with E-state index >= 15 is 0 Å². The number of quaternary nitrogens is 1. The Morgan fingerprint density at radius 2 is 1.77 bits per heavy atom. The summed E-state index contributed by atoms with van der Waals surface area (Å²) in [6, 6.07) is 17.5. The Morgan fingerprint density at radius 1 is 0.974 bits per heavy atom. The van der Waals surface area contributed by atoms with Gasteiger partial charge in [0.05, 0.1) is 39.0 Å². The summed E-state index contributed by atoms with van der Waals surface area (Å²) < 4.78 is 32.4. The Balaban J connectivity index is 1.30. The molecule has 0 amide bonds. The van der Waals surface area contributed by atoms with E-state index in [0.717, 1.165) is 66.9 Å². The van der Waals surface area contributed by atoms with E-state index in [1.807, 2.05) is 12.1 Å². The minimum atomic E-state index is -0.242. The number of halogens is 1. The van der Waals surface area contributed by atoms with Crippen LogP contribution >= 0.6 is 0 Å². The van der Waals surface area contributed by atoms with Crippen LogP contribution in [0, 0.1) is 19.7 Å². The second-order valence-corrected chi connectivity index (χ2v) is 10.3. The first kappa shape index (κ1) is 26.8. The van der Waals surface area contributed by atoms with Crippen molar-refractivity contribution in [1.29, 1.82) is 0 Å². The van der Waals surface area contributed by atoms with Gasteiger partial charge >= 0.3 is 0 Å². The summed E-state index contributed by atoms with van der Waals surface area (Å²) in [7, 11) is 1.63. The Kier molecular flexibility index (Phi) is 8.24. The molecule has 1 aliphatic rings. The number of morpholine rings is 1. The van der Waals surface area contributed by atoms with E-state index in [1.54, 1.807) is 26.2 Å². The smallest absolute Gasteiger partial charge is 0.162 e.